The van der Waals surface area contributed by atoms with Gasteiger partial charge in [0, 0.05) is 25.7 Å². The zero-order chi connectivity index (χ0) is 67.0. The van der Waals surface area contributed by atoms with Crippen LogP contribution in [0.25, 0.3) is 0 Å². The summed E-state index contributed by atoms with van der Waals surface area (Å²) in [5, 5.41) is 10.6. The number of phosphoric ester groups is 2. The number of aliphatic hydroxyl groups excluding tert-OH is 1. The first-order valence-corrected chi connectivity index (χ1v) is 40.7. The second-order valence-corrected chi connectivity index (χ2v) is 29.1. The molecule has 0 saturated heterocycles. The fourth-order valence-corrected chi connectivity index (χ4v) is 12.5. The van der Waals surface area contributed by atoms with E-state index in [9.17, 15) is 43.2 Å². The Kier molecular flexibility index (Phi) is 64.0. The molecule has 0 aliphatic heterocycles. The molecule has 91 heavy (non-hydrogen) atoms. The zero-order valence-corrected chi connectivity index (χ0v) is 60.8. The van der Waals surface area contributed by atoms with Crippen molar-refractivity contribution in [2.45, 2.75) is 393 Å². The summed E-state index contributed by atoms with van der Waals surface area (Å²) in [5.74, 6) is -1.40. The standard InChI is InChI=1S/C72H140O17P2/c1-6-10-13-16-19-22-24-26-27-28-29-30-31-32-34-36-38-41-47-52-57-71(76)88-67(61-83-70(75)56-51-46-40-37-35-33-25-23-20-17-14-11-7-2)63-86-90(78,79)84-59-66(73)60-85-91(80,81)87-64-68(62-82-69(74)55-50-45-39-21-18-15-12-8-3)89-72(77)58-53-48-43-42-44-49-54-65(5)9-4/h65-68,73H,6-64H2,1-5H3,(H,78,79)(H,80,81)/t65?,66-,67-,68-/m1/s1. The summed E-state index contributed by atoms with van der Waals surface area (Å²) >= 11 is 0. The smallest absolute Gasteiger partial charge is 0.462 e. The van der Waals surface area contributed by atoms with Crippen molar-refractivity contribution in [2.75, 3.05) is 39.6 Å². The average molecular weight is 1340 g/mol. The molecule has 6 atom stereocenters. The minimum Gasteiger partial charge on any atom is -0.462 e. The molecule has 3 unspecified atom stereocenters. The van der Waals surface area contributed by atoms with E-state index in [1.165, 1.54) is 193 Å². The van der Waals surface area contributed by atoms with Gasteiger partial charge in [-0.15, -0.1) is 0 Å². The second-order valence-electron chi connectivity index (χ2n) is 26.2. The first kappa shape index (κ1) is 89.1. The molecular formula is C72H140O17P2. The van der Waals surface area contributed by atoms with Crippen LogP contribution in [-0.2, 0) is 65.4 Å². The molecule has 17 nitrogen and oxygen atoms in total. The van der Waals surface area contributed by atoms with Gasteiger partial charge in [-0.25, -0.2) is 9.13 Å². The molecule has 0 aromatic rings. The third-order valence-corrected chi connectivity index (χ3v) is 19.0. The van der Waals surface area contributed by atoms with Crippen molar-refractivity contribution in [2.24, 2.45) is 5.92 Å². The lowest BCUT2D eigenvalue weighted by molar-refractivity contribution is -0.161. The lowest BCUT2D eigenvalue weighted by atomic mass is 10.00. The van der Waals surface area contributed by atoms with Crippen molar-refractivity contribution in [3.8, 4) is 0 Å². The number of unbranched alkanes of at least 4 members (excludes halogenated alkanes) is 43. The summed E-state index contributed by atoms with van der Waals surface area (Å²) in [6.45, 7) is 7.18. The van der Waals surface area contributed by atoms with Gasteiger partial charge in [-0.3, -0.25) is 37.3 Å². The number of ether oxygens (including phenoxy) is 4. The van der Waals surface area contributed by atoms with Gasteiger partial charge in [0.05, 0.1) is 26.4 Å². The number of carbonyl (C=O) groups excluding carboxylic acids is 4. The first-order chi connectivity index (χ1) is 44.1. The van der Waals surface area contributed by atoms with E-state index in [4.69, 9.17) is 37.0 Å². The summed E-state index contributed by atoms with van der Waals surface area (Å²) in [6, 6.07) is 0. The predicted octanol–water partition coefficient (Wildman–Crippen LogP) is 20.9. The maximum absolute atomic E-state index is 13.0. The highest BCUT2D eigenvalue weighted by atomic mass is 31.2. The minimum atomic E-state index is -4.95. The number of esters is 4. The molecule has 0 saturated carbocycles. The van der Waals surface area contributed by atoms with E-state index in [1.807, 2.05) is 0 Å². The molecular weight excluding hydrogens is 1200 g/mol. The Labute approximate surface area is 556 Å². The van der Waals surface area contributed by atoms with Crippen LogP contribution in [0.1, 0.15) is 375 Å². The van der Waals surface area contributed by atoms with E-state index in [2.05, 4.69) is 34.6 Å². The molecule has 0 fully saturated rings. The van der Waals surface area contributed by atoms with Crippen LogP contribution in [0.2, 0.25) is 0 Å². The zero-order valence-electron chi connectivity index (χ0n) is 59.0. The number of hydrogen-bond donors (Lipinski definition) is 3. The molecule has 0 aromatic carbocycles. The summed E-state index contributed by atoms with van der Waals surface area (Å²) in [4.78, 5) is 72.5. The highest BCUT2D eigenvalue weighted by Gasteiger charge is 2.30. The summed E-state index contributed by atoms with van der Waals surface area (Å²) in [6.07, 6.45) is 52.9. The van der Waals surface area contributed by atoms with Gasteiger partial charge in [0.2, 0.25) is 0 Å². The Bertz CT molecular complexity index is 1760. The average Bonchev–Trinajstić information content (AvgIpc) is 3.59. The normalized spacial score (nSPS) is 14.3. The lowest BCUT2D eigenvalue weighted by Crippen LogP contribution is -2.30. The van der Waals surface area contributed by atoms with Crippen molar-refractivity contribution < 1.29 is 80.2 Å². The molecule has 0 aliphatic carbocycles. The number of phosphoric acid groups is 2. The van der Waals surface area contributed by atoms with Crippen LogP contribution in [0.4, 0.5) is 0 Å². The highest BCUT2D eigenvalue weighted by Crippen LogP contribution is 2.45. The second kappa shape index (κ2) is 65.4. The third-order valence-electron chi connectivity index (χ3n) is 17.1. The van der Waals surface area contributed by atoms with Crippen LogP contribution in [0, 0.1) is 5.92 Å². The Morgan fingerprint density at radius 2 is 0.527 bits per heavy atom. The molecule has 3 N–H and O–H groups in total. The van der Waals surface area contributed by atoms with E-state index in [0.717, 1.165) is 102 Å². The molecule has 0 rings (SSSR count). The van der Waals surface area contributed by atoms with Crippen LogP contribution < -0.4 is 0 Å². The van der Waals surface area contributed by atoms with Crippen LogP contribution in [0.5, 0.6) is 0 Å². The monoisotopic (exact) mass is 1340 g/mol. The number of aliphatic hydroxyl groups is 1. The summed E-state index contributed by atoms with van der Waals surface area (Å²) in [5.41, 5.74) is 0. The first-order valence-electron chi connectivity index (χ1n) is 37.7. The summed E-state index contributed by atoms with van der Waals surface area (Å²) in [7, 11) is -9.90. The van der Waals surface area contributed by atoms with E-state index >= 15 is 0 Å². The number of carbonyl (C=O) groups is 4. The van der Waals surface area contributed by atoms with Crippen LogP contribution >= 0.6 is 15.6 Å². The van der Waals surface area contributed by atoms with E-state index in [1.54, 1.807) is 0 Å². The Morgan fingerprint density at radius 1 is 0.308 bits per heavy atom. The van der Waals surface area contributed by atoms with Gasteiger partial charge in [0.1, 0.15) is 19.3 Å². The van der Waals surface area contributed by atoms with Crippen molar-refractivity contribution in [1.29, 1.82) is 0 Å². The van der Waals surface area contributed by atoms with E-state index < -0.39 is 97.5 Å². The quantitative estimate of drug-likeness (QED) is 0.0222. The highest BCUT2D eigenvalue weighted by molar-refractivity contribution is 7.47. The lowest BCUT2D eigenvalue weighted by Gasteiger charge is -2.21. The maximum Gasteiger partial charge on any atom is 0.472 e. The largest absolute Gasteiger partial charge is 0.472 e. The van der Waals surface area contributed by atoms with Crippen LogP contribution in [0.15, 0.2) is 0 Å². The Morgan fingerprint density at radius 3 is 0.780 bits per heavy atom. The van der Waals surface area contributed by atoms with Gasteiger partial charge < -0.3 is 33.8 Å². The third kappa shape index (κ3) is 65.1. The molecule has 0 aromatic heterocycles. The van der Waals surface area contributed by atoms with Gasteiger partial charge in [0.25, 0.3) is 0 Å². The Hall–Kier alpha value is -1.94. The van der Waals surface area contributed by atoms with Crippen LogP contribution in [0.3, 0.4) is 0 Å². The SMILES string of the molecule is CCCCCCCCCCCCCCCCCCCCCCC(=O)O[C@H](COC(=O)CCCCCCCCCCCCCCC)COP(=O)(O)OC[C@@H](O)COP(=O)(O)OC[C@@H](COC(=O)CCCCCCCCCC)OC(=O)CCCCCCCCC(C)CC. The molecule has 0 spiro atoms. The van der Waals surface area contributed by atoms with Crippen molar-refractivity contribution in [3.63, 3.8) is 0 Å². The van der Waals surface area contributed by atoms with E-state index in [-0.39, 0.29) is 25.7 Å². The van der Waals surface area contributed by atoms with E-state index in [0.29, 0.717) is 25.7 Å². The van der Waals surface area contributed by atoms with Gasteiger partial charge >= 0.3 is 39.5 Å². The molecule has 0 bridgehead atoms. The van der Waals surface area contributed by atoms with Crippen molar-refractivity contribution in [3.05, 3.63) is 0 Å². The summed E-state index contributed by atoms with van der Waals surface area (Å²) < 4.78 is 68.3. The molecule has 0 radical (unpaired) electrons. The molecule has 540 valence electrons. The molecule has 19 heteroatoms. The Balaban J connectivity index is 5.18. The van der Waals surface area contributed by atoms with Crippen LogP contribution in [-0.4, -0.2) is 96.7 Å². The molecule has 0 heterocycles. The van der Waals surface area contributed by atoms with Gasteiger partial charge in [-0.2, -0.15) is 0 Å². The van der Waals surface area contributed by atoms with Gasteiger partial charge in [-0.1, -0.05) is 324 Å². The fraction of sp³-hybridized carbons (Fsp3) is 0.944. The molecule has 0 amide bonds. The van der Waals surface area contributed by atoms with Gasteiger partial charge in [0.15, 0.2) is 12.2 Å². The fourth-order valence-electron chi connectivity index (χ4n) is 11.0. The number of hydrogen-bond acceptors (Lipinski definition) is 15. The van der Waals surface area contributed by atoms with Crippen molar-refractivity contribution in [1.82, 2.24) is 0 Å². The number of rotatable bonds is 72. The maximum atomic E-state index is 13.0. The predicted molar refractivity (Wildman–Crippen MR) is 368 cm³/mol. The van der Waals surface area contributed by atoms with Crippen molar-refractivity contribution >= 4 is 39.5 Å². The van der Waals surface area contributed by atoms with Gasteiger partial charge in [-0.05, 0) is 31.6 Å². The topological polar surface area (TPSA) is 237 Å². The molecule has 0 aliphatic rings. The minimum absolute atomic E-state index is 0.103.